The molecule has 0 aliphatic carbocycles. The molecule has 0 spiro atoms. The van der Waals surface area contributed by atoms with E-state index < -0.39 is 0 Å². The first-order valence-electron chi connectivity index (χ1n) is 7.82. The van der Waals surface area contributed by atoms with Crippen LogP contribution in [0.15, 0.2) is 42.9 Å². The van der Waals surface area contributed by atoms with Gasteiger partial charge in [-0.1, -0.05) is 25.1 Å². The maximum Gasteiger partial charge on any atom is 0.143 e. The van der Waals surface area contributed by atoms with Crippen molar-refractivity contribution in [1.82, 2.24) is 15.0 Å². The van der Waals surface area contributed by atoms with Crippen molar-refractivity contribution in [2.24, 2.45) is 0 Å². The van der Waals surface area contributed by atoms with Crippen molar-refractivity contribution in [3.63, 3.8) is 0 Å². The van der Waals surface area contributed by atoms with Crippen molar-refractivity contribution >= 4 is 38.3 Å². The third-order valence-corrected chi connectivity index (χ3v) is 5.46. The molecule has 1 unspecified atom stereocenters. The summed E-state index contributed by atoms with van der Waals surface area (Å²) in [7, 11) is 0. The highest BCUT2D eigenvalue weighted by Gasteiger charge is 2.14. The van der Waals surface area contributed by atoms with E-state index >= 15 is 0 Å². The minimum absolute atomic E-state index is 0.199. The molecule has 1 aromatic carbocycles. The van der Waals surface area contributed by atoms with Crippen molar-refractivity contribution in [3.8, 4) is 0 Å². The summed E-state index contributed by atoms with van der Waals surface area (Å²) in [5.41, 5.74) is 2.13. The predicted molar refractivity (Wildman–Crippen MR) is 97.1 cm³/mol. The van der Waals surface area contributed by atoms with Gasteiger partial charge in [-0.2, -0.15) is 0 Å². The standard InChI is InChI=1S/C18H18N4S/c1-3-12-9-19-17-16(12)18(21-10-20-17)22-11(2)15-8-13-6-4-5-7-14(13)23-15/h4-11H,3H2,1-2H3,(H2,19,20,21,22). The number of hydrogen-bond acceptors (Lipinski definition) is 4. The smallest absolute Gasteiger partial charge is 0.143 e. The molecule has 2 N–H and O–H groups in total. The zero-order valence-electron chi connectivity index (χ0n) is 13.1. The molecule has 3 aromatic heterocycles. The van der Waals surface area contributed by atoms with Gasteiger partial charge in [-0.15, -0.1) is 11.3 Å². The molecule has 0 saturated heterocycles. The molecule has 4 rings (SSSR count). The summed E-state index contributed by atoms with van der Waals surface area (Å²) in [5.74, 6) is 0.901. The molecule has 0 bridgehead atoms. The lowest BCUT2D eigenvalue weighted by Crippen LogP contribution is -2.07. The van der Waals surface area contributed by atoms with Gasteiger partial charge in [-0.05, 0) is 36.4 Å². The van der Waals surface area contributed by atoms with Gasteiger partial charge < -0.3 is 10.3 Å². The number of aromatic amines is 1. The van der Waals surface area contributed by atoms with Gasteiger partial charge in [-0.25, -0.2) is 9.97 Å². The summed E-state index contributed by atoms with van der Waals surface area (Å²) in [6.45, 7) is 4.33. The first-order chi connectivity index (χ1) is 11.3. The third-order valence-electron chi connectivity index (χ3n) is 4.16. The molecule has 0 aliphatic rings. The Morgan fingerprint density at radius 2 is 2.13 bits per heavy atom. The Balaban J connectivity index is 1.71. The predicted octanol–water partition coefficient (Wildman–Crippen LogP) is 4.91. The van der Waals surface area contributed by atoms with E-state index in [1.165, 1.54) is 20.5 Å². The average Bonchev–Trinajstić information content (AvgIpc) is 3.19. The van der Waals surface area contributed by atoms with Crippen LogP contribution in [0, 0.1) is 0 Å². The second-order valence-electron chi connectivity index (χ2n) is 5.67. The van der Waals surface area contributed by atoms with Crippen LogP contribution >= 0.6 is 11.3 Å². The zero-order valence-corrected chi connectivity index (χ0v) is 13.9. The van der Waals surface area contributed by atoms with Crippen molar-refractivity contribution in [2.45, 2.75) is 26.3 Å². The number of fused-ring (bicyclic) bond motifs is 2. The number of nitrogens with zero attached hydrogens (tertiary/aromatic N) is 2. The van der Waals surface area contributed by atoms with E-state index in [2.05, 4.69) is 64.4 Å². The van der Waals surface area contributed by atoms with Crippen molar-refractivity contribution in [2.75, 3.05) is 5.32 Å². The summed E-state index contributed by atoms with van der Waals surface area (Å²) in [6, 6.07) is 11.0. The van der Waals surface area contributed by atoms with E-state index in [0.717, 1.165) is 23.3 Å². The maximum absolute atomic E-state index is 4.47. The highest BCUT2D eigenvalue weighted by molar-refractivity contribution is 7.19. The fourth-order valence-corrected chi connectivity index (χ4v) is 3.97. The minimum Gasteiger partial charge on any atom is -0.362 e. The van der Waals surface area contributed by atoms with Gasteiger partial charge in [0.15, 0.2) is 0 Å². The van der Waals surface area contributed by atoms with Crippen LogP contribution in [0.1, 0.15) is 30.3 Å². The Morgan fingerprint density at radius 1 is 1.26 bits per heavy atom. The molecule has 0 saturated carbocycles. The molecular formula is C18H18N4S. The molecule has 1 atom stereocenters. The highest BCUT2D eigenvalue weighted by Crippen LogP contribution is 2.33. The molecule has 4 aromatic rings. The lowest BCUT2D eigenvalue weighted by molar-refractivity contribution is 0.898. The largest absolute Gasteiger partial charge is 0.362 e. The third kappa shape index (κ3) is 2.47. The lowest BCUT2D eigenvalue weighted by Gasteiger charge is -2.14. The minimum atomic E-state index is 0.199. The van der Waals surface area contributed by atoms with Crippen LogP contribution in [-0.4, -0.2) is 15.0 Å². The molecular weight excluding hydrogens is 304 g/mol. The topological polar surface area (TPSA) is 53.6 Å². The van der Waals surface area contributed by atoms with Crippen LogP contribution in [0.4, 0.5) is 5.82 Å². The van der Waals surface area contributed by atoms with Crippen LogP contribution < -0.4 is 5.32 Å². The summed E-state index contributed by atoms with van der Waals surface area (Å²) >= 11 is 1.83. The molecule has 0 amide bonds. The van der Waals surface area contributed by atoms with Gasteiger partial charge in [-0.3, -0.25) is 0 Å². The van der Waals surface area contributed by atoms with Crippen molar-refractivity contribution < 1.29 is 0 Å². The van der Waals surface area contributed by atoms with E-state index in [-0.39, 0.29) is 6.04 Å². The van der Waals surface area contributed by atoms with Gasteiger partial charge in [0.25, 0.3) is 0 Å². The second kappa shape index (κ2) is 5.66. The molecule has 116 valence electrons. The Labute approximate surface area is 138 Å². The highest BCUT2D eigenvalue weighted by atomic mass is 32.1. The van der Waals surface area contributed by atoms with Gasteiger partial charge >= 0.3 is 0 Å². The summed E-state index contributed by atoms with van der Waals surface area (Å²) in [4.78, 5) is 13.3. The van der Waals surface area contributed by atoms with Crippen LogP contribution in [-0.2, 0) is 6.42 Å². The number of benzene rings is 1. The van der Waals surface area contributed by atoms with Crippen molar-refractivity contribution in [3.05, 3.63) is 53.3 Å². The Morgan fingerprint density at radius 3 is 2.96 bits per heavy atom. The van der Waals surface area contributed by atoms with Crippen LogP contribution in [0.25, 0.3) is 21.1 Å². The Kier molecular flexibility index (Phi) is 3.50. The van der Waals surface area contributed by atoms with Gasteiger partial charge in [0, 0.05) is 15.8 Å². The maximum atomic E-state index is 4.47. The normalized spacial score (nSPS) is 12.8. The van der Waals surface area contributed by atoms with E-state index in [4.69, 9.17) is 0 Å². The lowest BCUT2D eigenvalue weighted by atomic mass is 10.1. The first-order valence-corrected chi connectivity index (χ1v) is 8.64. The quantitative estimate of drug-likeness (QED) is 0.561. The first kappa shape index (κ1) is 14.2. The van der Waals surface area contributed by atoms with Gasteiger partial charge in [0.1, 0.15) is 17.8 Å². The summed E-state index contributed by atoms with van der Waals surface area (Å²) < 4.78 is 1.32. The number of hydrogen-bond donors (Lipinski definition) is 2. The van der Waals surface area contributed by atoms with E-state index in [0.29, 0.717) is 0 Å². The number of thiophene rings is 1. The van der Waals surface area contributed by atoms with Gasteiger partial charge in [0.2, 0.25) is 0 Å². The average molecular weight is 322 g/mol. The van der Waals surface area contributed by atoms with E-state index in [1.807, 2.05) is 17.5 Å². The van der Waals surface area contributed by atoms with Crippen molar-refractivity contribution in [1.29, 1.82) is 0 Å². The number of nitrogens with one attached hydrogen (secondary N) is 2. The number of aryl methyl sites for hydroxylation is 1. The van der Waals surface area contributed by atoms with Gasteiger partial charge in [0.05, 0.1) is 11.4 Å². The van der Waals surface area contributed by atoms with Crippen LogP contribution in [0.5, 0.6) is 0 Å². The Bertz CT molecular complexity index is 936. The number of aromatic nitrogens is 3. The fraction of sp³-hybridized carbons (Fsp3) is 0.222. The number of H-pyrrole nitrogens is 1. The fourth-order valence-electron chi connectivity index (χ4n) is 2.91. The molecule has 0 fully saturated rings. The van der Waals surface area contributed by atoms with E-state index in [9.17, 15) is 0 Å². The van der Waals surface area contributed by atoms with Crippen LogP contribution in [0.3, 0.4) is 0 Å². The molecule has 0 aliphatic heterocycles. The molecule has 5 heteroatoms. The summed E-state index contributed by atoms with van der Waals surface area (Å²) in [6.07, 6.45) is 4.59. The number of rotatable bonds is 4. The summed E-state index contributed by atoms with van der Waals surface area (Å²) in [5, 5.41) is 5.96. The number of anilines is 1. The second-order valence-corrected chi connectivity index (χ2v) is 6.78. The molecule has 4 nitrogen and oxygen atoms in total. The molecule has 0 radical (unpaired) electrons. The molecule has 3 heterocycles. The monoisotopic (exact) mass is 322 g/mol. The Hall–Kier alpha value is -2.40. The molecule has 23 heavy (non-hydrogen) atoms. The van der Waals surface area contributed by atoms with E-state index in [1.54, 1.807) is 6.33 Å². The zero-order chi connectivity index (χ0) is 15.8. The van der Waals surface area contributed by atoms with Crippen LogP contribution in [0.2, 0.25) is 0 Å². The SMILES string of the molecule is CCc1c[nH]c2ncnc(NC(C)c3cc4ccccc4s3)c12.